The summed E-state index contributed by atoms with van der Waals surface area (Å²) in [5.41, 5.74) is 1.54. The standard InChI is InChI=1S/C17H9F3N4O2/c18-17(19,20)16-23-14(24-26-16)11-3-5-12(6-4-11)15(25)22-13-7-1-10(9-21)2-8-13/h1-8H,(H,22,25). The highest BCUT2D eigenvalue weighted by atomic mass is 19.4. The monoisotopic (exact) mass is 358 g/mol. The Kier molecular flexibility index (Phi) is 4.41. The molecule has 1 aromatic heterocycles. The maximum atomic E-state index is 12.5. The normalized spacial score (nSPS) is 11.0. The third-order valence-electron chi connectivity index (χ3n) is 3.35. The molecule has 3 aromatic rings. The number of nitrogens with zero attached hydrogens (tertiary/aromatic N) is 3. The van der Waals surface area contributed by atoms with Crippen molar-refractivity contribution in [2.45, 2.75) is 6.18 Å². The summed E-state index contributed by atoms with van der Waals surface area (Å²) >= 11 is 0. The molecule has 0 aliphatic rings. The van der Waals surface area contributed by atoms with Crippen LogP contribution < -0.4 is 5.32 Å². The Bertz CT molecular complexity index is 971. The predicted molar refractivity (Wildman–Crippen MR) is 83.8 cm³/mol. The topological polar surface area (TPSA) is 91.8 Å². The summed E-state index contributed by atoms with van der Waals surface area (Å²) in [4.78, 5) is 15.5. The average Bonchev–Trinajstić information content (AvgIpc) is 3.13. The van der Waals surface area contributed by atoms with Crippen molar-refractivity contribution >= 4 is 11.6 Å². The van der Waals surface area contributed by atoms with Crippen LogP contribution in [0.2, 0.25) is 0 Å². The third kappa shape index (κ3) is 3.70. The molecular formula is C17H9F3N4O2. The fourth-order valence-corrected chi connectivity index (χ4v) is 2.06. The fourth-order valence-electron chi connectivity index (χ4n) is 2.06. The van der Waals surface area contributed by atoms with Crippen LogP contribution in [-0.2, 0) is 6.18 Å². The number of hydrogen-bond acceptors (Lipinski definition) is 5. The van der Waals surface area contributed by atoms with Crippen molar-refractivity contribution in [2.24, 2.45) is 0 Å². The van der Waals surface area contributed by atoms with E-state index in [-0.39, 0.29) is 17.0 Å². The molecule has 0 saturated carbocycles. The molecule has 3 rings (SSSR count). The van der Waals surface area contributed by atoms with Gasteiger partial charge < -0.3 is 9.84 Å². The van der Waals surface area contributed by atoms with E-state index in [1.807, 2.05) is 6.07 Å². The van der Waals surface area contributed by atoms with Gasteiger partial charge in [-0.1, -0.05) is 17.3 Å². The number of carbonyl (C=O) groups is 1. The molecule has 0 bridgehead atoms. The Hall–Kier alpha value is -3.67. The first-order valence-corrected chi connectivity index (χ1v) is 7.19. The Balaban J connectivity index is 1.73. The average molecular weight is 358 g/mol. The summed E-state index contributed by atoms with van der Waals surface area (Å²) in [7, 11) is 0. The minimum atomic E-state index is -4.72. The molecule has 0 saturated heterocycles. The Morgan fingerprint density at radius 2 is 1.73 bits per heavy atom. The van der Waals surface area contributed by atoms with Crippen LogP contribution in [0.4, 0.5) is 18.9 Å². The number of nitriles is 1. The van der Waals surface area contributed by atoms with Crippen LogP contribution in [0, 0.1) is 11.3 Å². The van der Waals surface area contributed by atoms with Gasteiger partial charge in [0.1, 0.15) is 0 Å². The first-order valence-electron chi connectivity index (χ1n) is 7.19. The molecule has 26 heavy (non-hydrogen) atoms. The number of aromatic nitrogens is 2. The second-order valence-electron chi connectivity index (χ2n) is 5.14. The minimum Gasteiger partial charge on any atom is -0.329 e. The van der Waals surface area contributed by atoms with Crippen LogP contribution in [0.25, 0.3) is 11.4 Å². The van der Waals surface area contributed by atoms with Crippen molar-refractivity contribution in [3.63, 3.8) is 0 Å². The van der Waals surface area contributed by atoms with Gasteiger partial charge in [0.25, 0.3) is 5.91 Å². The molecule has 0 aliphatic heterocycles. The number of amides is 1. The van der Waals surface area contributed by atoms with E-state index in [0.717, 1.165) is 0 Å². The molecule has 1 amide bonds. The molecule has 2 aromatic carbocycles. The molecule has 0 fully saturated rings. The summed E-state index contributed by atoms with van der Waals surface area (Å²) in [6, 6.07) is 14.0. The molecule has 0 aliphatic carbocycles. The molecule has 0 unspecified atom stereocenters. The van der Waals surface area contributed by atoms with E-state index in [0.29, 0.717) is 11.3 Å². The number of alkyl halides is 3. The van der Waals surface area contributed by atoms with E-state index in [9.17, 15) is 18.0 Å². The molecule has 6 nitrogen and oxygen atoms in total. The van der Waals surface area contributed by atoms with Gasteiger partial charge in [-0.3, -0.25) is 4.79 Å². The van der Waals surface area contributed by atoms with Gasteiger partial charge in [0, 0.05) is 16.8 Å². The van der Waals surface area contributed by atoms with Crippen molar-refractivity contribution in [1.82, 2.24) is 10.1 Å². The van der Waals surface area contributed by atoms with Crippen LogP contribution in [0.3, 0.4) is 0 Å². The van der Waals surface area contributed by atoms with E-state index < -0.39 is 18.0 Å². The first kappa shape index (κ1) is 17.2. The number of rotatable bonds is 3. The van der Waals surface area contributed by atoms with Crippen molar-refractivity contribution in [1.29, 1.82) is 5.26 Å². The molecule has 0 atom stereocenters. The number of benzene rings is 2. The largest absolute Gasteiger partial charge is 0.471 e. The lowest BCUT2D eigenvalue weighted by Crippen LogP contribution is -2.11. The molecule has 0 spiro atoms. The highest BCUT2D eigenvalue weighted by Crippen LogP contribution is 2.29. The van der Waals surface area contributed by atoms with Gasteiger partial charge in [0.05, 0.1) is 11.6 Å². The lowest BCUT2D eigenvalue weighted by Gasteiger charge is -2.05. The number of carbonyl (C=O) groups excluding carboxylic acids is 1. The van der Waals surface area contributed by atoms with Crippen LogP contribution in [0.5, 0.6) is 0 Å². The molecular weight excluding hydrogens is 349 g/mol. The number of anilines is 1. The van der Waals surface area contributed by atoms with Gasteiger partial charge in [-0.25, -0.2) is 0 Å². The molecule has 9 heteroatoms. The zero-order valence-electron chi connectivity index (χ0n) is 12.9. The number of hydrogen-bond donors (Lipinski definition) is 1. The Morgan fingerprint density at radius 1 is 1.08 bits per heavy atom. The van der Waals surface area contributed by atoms with Gasteiger partial charge >= 0.3 is 12.1 Å². The molecule has 130 valence electrons. The Morgan fingerprint density at radius 3 is 2.27 bits per heavy atom. The third-order valence-corrected chi connectivity index (χ3v) is 3.35. The van der Waals surface area contributed by atoms with Gasteiger partial charge in [-0.15, -0.1) is 0 Å². The smallest absolute Gasteiger partial charge is 0.329 e. The SMILES string of the molecule is N#Cc1ccc(NC(=O)c2ccc(-c3noc(C(F)(F)F)n3)cc2)cc1. The summed E-state index contributed by atoms with van der Waals surface area (Å²) < 4.78 is 41.6. The van der Waals surface area contributed by atoms with Gasteiger partial charge in [-0.05, 0) is 36.4 Å². The number of halogens is 3. The highest BCUT2D eigenvalue weighted by Gasteiger charge is 2.38. The van der Waals surface area contributed by atoms with Crippen LogP contribution >= 0.6 is 0 Å². The van der Waals surface area contributed by atoms with Crippen LogP contribution in [0.15, 0.2) is 53.1 Å². The van der Waals surface area contributed by atoms with Gasteiger partial charge in [0.15, 0.2) is 0 Å². The summed E-state index contributed by atoms with van der Waals surface area (Å²) in [6.45, 7) is 0. The maximum Gasteiger partial charge on any atom is 0.471 e. The van der Waals surface area contributed by atoms with E-state index in [4.69, 9.17) is 5.26 Å². The second kappa shape index (κ2) is 6.68. The van der Waals surface area contributed by atoms with E-state index in [1.165, 1.54) is 24.3 Å². The second-order valence-corrected chi connectivity index (χ2v) is 5.14. The van der Waals surface area contributed by atoms with Crippen molar-refractivity contribution in [2.75, 3.05) is 5.32 Å². The van der Waals surface area contributed by atoms with Gasteiger partial charge in [-0.2, -0.15) is 23.4 Å². The number of nitrogens with one attached hydrogen (secondary N) is 1. The Labute approximate surface area is 144 Å². The van der Waals surface area contributed by atoms with Crippen molar-refractivity contribution < 1.29 is 22.5 Å². The molecule has 0 radical (unpaired) electrons. The quantitative estimate of drug-likeness (QED) is 0.767. The van der Waals surface area contributed by atoms with E-state index >= 15 is 0 Å². The predicted octanol–water partition coefficient (Wildman–Crippen LogP) is 3.88. The molecule has 1 N–H and O–H groups in total. The lowest BCUT2D eigenvalue weighted by atomic mass is 10.1. The minimum absolute atomic E-state index is 0.226. The van der Waals surface area contributed by atoms with Crippen LogP contribution in [0.1, 0.15) is 21.8 Å². The summed E-state index contributed by atoms with van der Waals surface area (Å²) in [5, 5.41) is 14.7. The first-order chi connectivity index (χ1) is 12.4. The lowest BCUT2D eigenvalue weighted by molar-refractivity contribution is -0.159. The van der Waals surface area contributed by atoms with Crippen molar-refractivity contribution in [3.8, 4) is 17.5 Å². The van der Waals surface area contributed by atoms with E-state index in [1.54, 1.807) is 24.3 Å². The molecule has 1 heterocycles. The van der Waals surface area contributed by atoms with Gasteiger partial charge in [0.2, 0.25) is 5.82 Å². The zero-order valence-corrected chi connectivity index (χ0v) is 12.9. The highest BCUT2D eigenvalue weighted by molar-refractivity contribution is 6.04. The maximum absolute atomic E-state index is 12.5. The van der Waals surface area contributed by atoms with E-state index in [2.05, 4.69) is 20.0 Å². The fraction of sp³-hybridized carbons (Fsp3) is 0.0588. The van der Waals surface area contributed by atoms with Crippen molar-refractivity contribution in [3.05, 3.63) is 65.5 Å². The zero-order chi connectivity index (χ0) is 18.7. The summed E-state index contributed by atoms with van der Waals surface area (Å²) in [5.74, 6) is -2.07. The van der Waals surface area contributed by atoms with Crippen LogP contribution in [-0.4, -0.2) is 16.0 Å². The summed E-state index contributed by atoms with van der Waals surface area (Å²) in [6.07, 6.45) is -4.72.